The van der Waals surface area contributed by atoms with Gasteiger partial charge in [-0.3, -0.25) is 14.7 Å². The van der Waals surface area contributed by atoms with Gasteiger partial charge in [-0.25, -0.2) is 0 Å². The lowest BCUT2D eigenvalue weighted by atomic mass is 9.93. The second-order valence-electron chi connectivity index (χ2n) is 6.63. The summed E-state index contributed by atoms with van der Waals surface area (Å²) in [6, 6.07) is 6.37. The monoisotopic (exact) mass is 302 g/mol. The molecule has 1 aromatic rings. The lowest BCUT2D eigenvalue weighted by Gasteiger charge is -2.37. The van der Waals surface area contributed by atoms with Crippen LogP contribution in [-0.4, -0.2) is 48.0 Å². The van der Waals surface area contributed by atoms with Gasteiger partial charge in [0, 0.05) is 38.4 Å². The van der Waals surface area contributed by atoms with E-state index in [1.165, 1.54) is 0 Å². The quantitative estimate of drug-likeness (QED) is 0.872. The highest BCUT2D eigenvalue weighted by Gasteiger charge is 2.30. The minimum atomic E-state index is 0.166. The van der Waals surface area contributed by atoms with E-state index in [-0.39, 0.29) is 11.8 Å². The van der Waals surface area contributed by atoms with Crippen molar-refractivity contribution in [1.82, 2.24) is 20.5 Å². The Morgan fingerprint density at radius 3 is 3.05 bits per heavy atom. The van der Waals surface area contributed by atoms with E-state index in [1.807, 2.05) is 18.3 Å². The fourth-order valence-electron chi connectivity index (χ4n) is 3.49. The Labute approximate surface area is 132 Å². The van der Waals surface area contributed by atoms with Gasteiger partial charge in [-0.1, -0.05) is 13.0 Å². The molecule has 1 aromatic heterocycles. The van der Waals surface area contributed by atoms with Crippen LogP contribution in [-0.2, 0) is 11.3 Å². The number of nitrogens with one attached hydrogen (secondary N) is 2. The second-order valence-corrected chi connectivity index (χ2v) is 6.63. The highest BCUT2D eigenvalue weighted by molar-refractivity contribution is 5.79. The van der Waals surface area contributed by atoms with Gasteiger partial charge in [-0.05, 0) is 37.4 Å². The second kappa shape index (κ2) is 7.20. The van der Waals surface area contributed by atoms with Crippen LogP contribution >= 0.6 is 0 Å². The first-order valence-electron chi connectivity index (χ1n) is 8.35. The summed E-state index contributed by atoms with van der Waals surface area (Å²) in [5.41, 5.74) is 1.12. The largest absolute Gasteiger partial charge is 0.353 e. The Morgan fingerprint density at radius 2 is 2.36 bits per heavy atom. The highest BCUT2D eigenvalue weighted by atomic mass is 16.2. The first-order chi connectivity index (χ1) is 10.7. The van der Waals surface area contributed by atoms with Crippen LogP contribution in [0.4, 0.5) is 0 Å². The molecule has 0 unspecified atom stereocenters. The van der Waals surface area contributed by atoms with Crippen molar-refractivity contribution in [3.8, 4) is 0 Å². The Bertz CT molecular complexity index is 487. The molecule has 3 heterocycles. The van der Waals surface area contributed by atoms with Gasteiger partial charge >= 0.3 is 0 Å². The fraction of sp³-hybridized carbons (Fsp3) is 0.647. The van der Waals surface area contributed by atoms with Gasteiger partial charge in [0.1, 0.15) is 0 Å². The molecule has 0 aromatic carbocycles. The van der Waals surface area contributed by atoms with E-state index < -0.39 is 0 Å². The van der Waals surface area contributed by atoms with Crippen molar-refractivity contribution in [2.75, 3.05) is 26.2 Å². The lowest BCUT2D eigenvalue weighted by molar-refractivity contribution is -0.125. The summed E-state index contributed by atoms with van der Waals surface area (Å²) in [5, 5.41) is 6.53. The van der Waals surface area contributed by atoms with Crippen molar-refractivity contribution < 1.29 is 4.79 Å². The number of likely N-dealkylation sites (tertiary alicyclic amines) is 1. The number of carbonyl (C=O) groups excluding carboxylic acids is 1. The van der Waals surface area contributed by atoms with E-state index in [0.717, 1.165) is 51.3 Å². The summed E-state index contributed by atoms with van der Waals surface area (Å²) in [4.78, 5) is 19.1. The summed E-state index contributed by atoms with van der Waals surface area (Å²) in [5.74, 6) is 0.884. The third-order valence-electron chi connectivity index (χ3n) is 4.86. The molecule has 3 rings (SSSR count). The van der Waals surface area contributed by atoms with E-state index in [9.17, 15) is 4.79 Å². The van der Waals surface area contributed by atoms with E-state index in [0.29, 0.717) is 12.0 Å². The number of piperidine rings is 1. The summed E-state index contributed by atoms with van der Waals surface area (Å²) in [7, 11) is 0. The van der Waals surface area contributed by atoms with Gasteiger partial charge in [0.2, 0.25) is 5.91 Å². The molecule has 0 saturated carbocycles. The standard InChI is InChI=1S/C17H26N4O/c1-13-11-21(12-15-4-2-3-7-19-15)9-6-16(13)20-17(22)14-5-8-18-10-14/h2-4,7,13-14,16,18H,5-6,8-12H2,1H3,(H,20,22)/t13-,14+,16+/m1/s1. The Hall–Kier alpha value is -1.46. The molecule has 5 nitrogen and oxygen atoms in total. The van der Waals surface area contributed by atoms with Crippen molar-refractivity contribution in [1.29, 1.82) is 0 Å². The number of pyridine rings is 1. The number of hydrogen-bond donors (Lipinski definition) is 2. The number of amides is 1. The lowest BCUT2D eigenvalue weighted by Crippen LogP contribution is -2.51. The van der Waals surface area contributed by atoms with Gasteiger partial charge in [-0.15, -0.1) is 0 Å². The maximum atomic E-state index is 12.3. The molecule has 0 radical (unpaired) electrons. The van der Waals surface area contributed by atoms with Crippen molar-refractivity contribution in [2.45, 2.75) is 32.4 Å². The number of hydrogen-bond acceptors (Lipinski definition) is 4. The smallest absolute Gasteiger partial charge is 0.224 e. The topological polar surface area (TPSA) is 57.3 Å². The van der Waals surface area contributed by atoms with Gasteiger partial charge in [-0.2, -0.15) is 0 Å². The average molecular weight is 302 g/mol. The number of carbonyl (C=O) groups is 1. The van der Waals surface area contributed by atoms with Crippen LogP contribution < -0.4 is 10.6 Å². The SMILES string of the molecule is C[C@@H]1CN(Cc2ccccn2)CC[C@@H]1NC(=O)[C@H]1CCNC1. The van der Waals surface area contributed by atoms with E-state index in [2.05, 4.69) is 33.5 Å². The molecule has 1 amide bonds. The van der Waals surface area contributed by atoms with Crippen LogP contribution in [0, 0.1) is 11.8 Å². The van der Waals surface area contributed by atoms with E-state index in [4.69, 9.17) is 0 Å². The third kappa shape index (κ3) is 3.84. The fourth-order valence-corrected chi connectivity index (χ4v) is 3.49. The Balaban J connectivity index is 1.48. The van der Waals surface area contributed by atoms with Crippen LogP contribution in [0.25, 0.3) is 0 Å². The summed E-state index contributed by atoms with van der Waals surface area (Å²) in [6.45, 7) is 6.98. The molecule has 0 bridgehead atoms. The molecule has 120 valence electrons. The van der Waals surface area contributed by atoms with Crippen molar-refractivity contribution in [3.63, 3.8) is 0 Å². The van der Waals surface area contributed by atoms with Crippen LogP contribution in [0.5, 0.6) is 0 Å². The number of nitrogens with zero attached hydrogens (tertiary/aromatic N) is 2. The minimum absolute atomic E-state index is 0.166. The van der Waals surface area contributed by atoms with Crippen LogP contribution in [0.2, 0.25) is 0 Å². The Kier molecular flexibility index (Phi) is 5.05. The van der Waals surface area contributed by atoms with Crippen LogP contribution in [0.3, 0.4) is 0 Å². The van der Waals surface area contributed by atoms with Crippen molar-refractivity contribution in [2.24, 2.45) is 11.8 Å². The molecule has 2 N–H and O–H groups in total. The molecular formula is C17H26N4O. The van der Waals surface area contributed by atoms with E-state index >= 15 is 0 Å². The molecule has 2 saturated heterocycles. The summed E-state index contributed by atoms with van der Waals surface area (Å²) in [6.07, 6.45) is 3.85. The zero-order valence-electron chi connectivity index (χ0n) is 13.3. The van der Waals surface area contributed by atoms with E-state index in [1.54, 1.807) is 0 Å². The molecule has 3 atom stereocenters. The first kappa shape index (κ1) is 15.4. The molecule has 2 aliphatic heterocycles. The average Bonchev–Trinajstić information content (AvgIpc) is 3.05. The Morgan fingerprint density at radius 1 is 1.45 bits per heavy atom. The predicted octanol–water partition coefficient (Wildman–Crippen LogP) is 1.02. The minimum Gasteiger partial charge on any atom is -0.353 e. The molecule has 0 aliphatic carbocycles. The van der Waals surface area contributed by atoms with Gasteiger partial charge in [0.15, 0.2) is 0 Å². The number of aromatic nitrogens is 1. The summed E-state index contributed by atoms with van der Waals surface area (Å²) >= 11 is 0. The molecule has 2 aliphatic rings. The van der Waals surface area contributed by atoms with Crippen LogP contribution in [0.15, 0.2) is 24.4 Å². The molecule has 0 spiro atoms. The highest BCUT2D eigenvalue weighted by Crippen LogP contribution is 2.19. The molecule has 5 heteroatoms. The van der Waals surface area contributed by atoms with Crippen molar-refractivity contribution >= 4 is 5.91 Å². The molecular weight excluding hydrogens is 276 g/mol. The zero-order chi connectivity index (χ0) is 15.4. The number of rotatable bonds is 4. The van der Waals surface area contributed by atoms with Crippen LogP contribution in [0.1, 0.15) is 25.5 Å². The van der Waals surface area contributed by atoms with Gasteiger partial charge in [0.05, 0.1) is 11.6 Å². The maximum Gasteiger partial charge on any atom is 0.224 e. The molecule has 22 heavy (non-hydrogen) atoms. The van der Waals surface area contributed by atoms with Gasteiger partial charge in [0.25, 0.3) is 0 Å². The third-order valence-corrected chi connectivity index (χ3v) is 4.86. The summed E-state index contributed by atoms with van der Waals surface area (Å²) < 4.78 is 0. The first-order valence-corrected chi connectivity index (χ1v) is 8.35. The molecule has 2 fully saturated rings. The normalized spacial score (nSPS) is 29.4. The maximum absolute atomic E-state index is 12.3. The zero-order valence-corrected chi connectivity index (χ0v) is 13.3. The predicted molar refractivity (Wildman–Crippen MR) is 86.2 cm³/mol. The van der Waals surface area contributed by atoms with Gasteiger partial charge < -0.3 is 10.6 Å². The van der Waals surface area contributed by atoms with Crippen molar-refractivity contribution in [3.05, 3.63) is 30.1 Å².